The van der Waals surface area contributed by atoms with E-state index in [0.717, 1.165) is 65.1 Å². The maximum atomic E-state index is 6.19. The Hall–Kier alpha value is -4.70. The zero-order valence-corrected chi connectivity index (χ0v) is 19.8. The highest BCUT2D eigenvalue weighted by atomic mass is 16.5. The highest BCUT2D eigenvalue weighted by Crippen LogP contribution is 2.31. The summed E-state index contributed by atoms with van der Waals surface area (Å²) in [6.45, 7) is 1.95. The van der Waals surface area contributed by atoms with Crippen molar-refractivity contribution in [2.75, 3.05) is 13.1 Å². The van der Waals surface area contributed by atoms with Crippen LogP contribution in [0.5, 0.6) is 5.75 Å². The Labute approximate surface area is 211 Å². The molecule has 7 rings (SSSR count). The van der Waals surface area contributed by atoms with Crippen molar-refractivity contribution >= 4 is 22.2 Å². The monoisotopic (exact) mass is 489 g/mol. The van der Waals surface area contributed by atoms with Crippen LogP contribution in [0.4, 0.5) is 0 Å². The van der Waals surface area contributed by atoms with Crippen molar-refractivity contribution in [3.63, 3.8) is 0 Å². The Morgan fingerprint density at radius 2 is 1.81 bits per heavy atom. The number of hydrogen-bond acceptors (Lipinski definition) is 8. The Morgan fingerprint density at radius 3 is 2.70 bits per heavy atom. The number of piperidine rings is 1. The van der Waals surface area contributed by atoms with Crippen LogP contribution in [0.3, 0.4) is 0 Å². The van der Waals surface area contributed by atoms with Crippen molar-refractivity contribution < 1.29 is 4.74 Å². The van der Waals surface area contributed by atoms with Crippen molar-refractivity contribution in [2.45, 2.75) is 18.9 Å². The van der Waals surface area contributed by atoms with E-state index >= 15 is 0 Å². The minimum absolute atomic E-state index is 0.201. The van der Waals surface area contributed by atoms with E-state index in [1.165, 1.54) is 0 Å². The molecule has 0 radical (unpaired) electrons. The first kappa shape index (κ1) is 21.6. The number of nitrogens with one attached hydrogen (secondary N) is 3. The molecule has 6 aromatic rings. The molecule has 1 aliphatic rings. The molecule has 1 fully saturated rings. The fraction of sp³-hybridized carbons (Fsp3) is 0.185. The number of nitrogens with zero attached hydrogens (tertiary/aromatic N) is 6. The van der Waals surface area contributed by atoms with Gasteiger partial charge in [-0.2, -0.15) is 5.10 Å². The van der Waals surface area contributed by atoms with E-state index in [9.17, 15) is 0 Å². The van der Waals surface area contributed by atoms with Gasteiger partial charge in [-0.15, -0.1) is 0 Å². The molecule has 182 valence electrons. The summed E-state index contributed by atoms with van der Waals surface area (Å²) in [4.78, 5) is 26.2. The van der Waals surface area contributed by atoms with Gasteiger partial charge < -0.3 is 15.0 Å². The number of imidazole rings is 1. The highest BCUT2D eigenvalue weighted by Gasteiger charge is 2.18. The molecule has 0 bridgehead atoms. The van der Waals surface area contributed by atoms with Gasteiger partial charge in [0.05, 0.1) is 22.9 Å². The van der Waals surface area contributed by atoms with Crippen LogP contribution in [0.2, 0.25) is 0 Å². The van der Waals surface area contributed by atoms with Gasteiger partial charge in [-0.1, -0.05) is 6.07 Å². The minimum Gasteiger partial charge on any atom is -0.489 e. The molecule has 1 aliphatic heterocycles. The summed E-state index contributed by atoms with van der Waals surface area (Å²) in [7, 11) is 0. The van der Waals surface area contributed by atoms with Crippen molar-refractivity contribution in [3.8, 4) is 39.7 Å². The van der Waals surface area contributed by atoms with Crippen LogP contribution in [0.25, 0.3) is 56.1 Å². The van der Waals surface area contributed by atoms with Gasteiger partial charge in [0.25, 0.3) is 0 Å². The zero-order chi connectivity index (χ0) is 24.6. The summed E-state index contributed by atoms with van der Waals surface area (Å²) >= 11 is 0. The number of ether oxygens (including phenoxy) is 1. The molecular weight excluding hydrogens is 466 g/mol. The van der Waals surface area contributed by atoms with Crippen LogP contribution in [0.1, 0.15) is 12.8 Å². The molecule has 10 heteroatoms. The molecule has 0 aromatic carbocycles. The molecule has 1 saturated heterocycles. The summed E-state index contributed by atoms with van der Waals surface area (Å²) in [5.41, 5.74) is 7.20. The molecule has 10 nitrogen and oxygen atoms in total. The van der Waals surface area contributed by atoms with Gasteiger partial charge in [0.15, 0.2) is 17.2 Å². The standard InChI is InChI=1S/C27H23N9O/c1-2-16(13-29-8-1)20-7-11-31-26-23(20)33-27(34-26)25-24-22(35-36-25)4-3-21(32-24)17-12-19(15-30-14-17)37-18-5-9-28-10-6-18/h1-4,7-8,11-15,18,28H,5-6,9-10H2,(H,35,36)(H,31,33,34). The molecule has 0 amide bonds. The van der Waals surface area contributed by atoms with Crippen LogP contribution in [-0.2, 0) is 0 Å². The van der Waals surface area contributed by atoms with Gasteiger partial charge >= 0.3 is 0 Å². The van der Waals surface area contributed by atoms with Gasteiger partial charge in [0.2, 0.25) is 0 Å². The van der Waals surface area contributed by atoms with E-state index < -0.39 is 0 Å². The van der Waals surface area contributed by atoms with Crippen LogP contribution in [0, 0.1) is 0 Å². The van der Waals surface area contributed by atoms with E-state index in [2.05, 4.69) is 35.5 Å². The first-order valence-corrected chi connectivity index (χ1v) is 12.3. The third-order valence-electron chi connectivity index (χ3n) is 6.59. The van der Waals surface area contributed by atoms with Crippen molar-refractivity contribution in [2.24, 2.45) is 0 Å². The smallest absolute Gasteiger partial charge is 0.178 e. The van der Waals surface area contributed by atoms with Gasteiger partial charge in [-0.3, -0.25) is 15.1 Å². The summed E-state index contributed by atoms with van der Waals surface area (Å²) in [5, 5.41) is 11.0. The second-order valence-electron chi connectivity index (χ2n) is 9.03. The maximum Gasteiger partial charge on any atom is 0.178 e. The average Bonchev–Trinajstić information content (AvgIpc) is 3.58. The SMILES string of the molecule is c1cncc(-c2ccnc3nc(-c4n[nH]c5ccc(-c6cncc(OC7CCNCC7)c6)nc45)[nH]c23)c1. The summed E-state index contributed by atoms with van der Waals surface area (Å²) in [6, 6.07) is 11.8. The lowest BCUT2D eigenvalue weighted by Gasteiger charge is -2.23. The van der Waals surface area contributed by atoms with E-state index in [-0.39, 0.29) is 6.10 Å². The fourth-order valence-electron chi connectivity index (χ4n) is 4.74. The Balaban J connectivity index is 1.26. The number of rotatable bonds is 5. The molecule has 7 heterocycles. The third kappa shape index (κ3) is 4.07. The molecule has 0 spiro atoms. The largest absolute Gasteiger partial charge is 0.489 e. The number of H-pyrrole nitrogens is 2. The second kappa shape index (κ2) is 9.07. The van der Waals surface area contributed by atoms with Crippen molar-refractivity contribution in [3.05, 3.63) is 67.4 Å². The van der Waals surface area contributed by atoms with Crippen molar-refractivity contribution in [1.82, 2.24) is 45.4 Å². The fourth-order valence-corrected chi connectivity index (χ4v) is 4.74. The van der Waals surface area contributed by atoms with Gasteiger partial charge in [0, 0.05) is 41.5 Å². The topological polar surface area (TPSA) is 130 Å². The zero-order valence-electron chi connectivity index (χ0n) is 19.8. The Bertz CT molecular complexity index is 1700. The lowest BCUT2D eigenvalue weighted by molar-refractivity contribution is 0.162. The number of fused-ring (bicyclic) bond motifs is 2. The van der Waals surface area contributed by atoms with E-state index in [4.69, 9.17) is 14.7 Å². The number of aromatic nitrogens is 8. The number of hydrogen-bond donors (Lipinski definition) is 3. The van der Waals surface area contributed by atoms with E-state index in [1.807, 2.05) is 42.6 Å². The highest BCUT2D eigenvalue weighted by molar-refractivity contribution is 5.94. The molecule has 0 atom stereocenters. The molecule has 0 saturated carbocycles. The molecule has 37 heavy (non-hydrogen) atoms. The Morgan fingerprint density at radius 1 is 0.892 bits per heavy atom. The molecular formula is C27H23N9O. The third-order valence-corrected chi connectivity index (χ3v) is 6.59. The quantitative estimate of drug-likeness (QED) is 0.329. The first-order chi connectivity index (χ1) is 18.3. The average molecular weight is 490 g/mol. The Kier molecular flexibility index (Phi) is 5.29. The van der Waals surface area contributed by atoms with Crippen LogP contribution < -0.4 is 10.1 Å². The lowest BCUT2D eigenvalue weighted by atomic mass is 10.1. The van der Waals surface area contributed by atoms with Crippen LogP contribution in [-0.4, -0.2) is 59.3 Å². The van der Waals surface area contributed by atoms with Crippen LogP contribution >= 0.6 is 0 Å². The van der Waals surface area contributed by atoms with Crippen molar-refractivity contribution in [1.29, 1.82) is 0 Å². The minimum atomic E-state index is 0.201. The maximum absolute atomic E-state index is 6.19. The number of aromatic amines is 2. The van der Waals surface area contributed by atoms with Gasteiger partial charge in [-0.05, 0) is 56.3 Å². The van der Waals surface area contributed by atoms with E-state index in [1.54, 1.807) is 24.8 Å². The molecule has 3 N–H and O–H groups in total. The van der Waals surface area contributed by atoms with Gasteiger partial charge in [-0.25, -0.2) is 15.0 Å². The molecule has 0 unspecified atom stereocenters. The van der Waals surface area contributed by atoms with E-state index in [0.29, 0.717) is 22.7 Å². The second-order valence-corrected chi connectivity index (χ2v) is 9.03. The summed E-state index contributed by atoms with van der Waals surface area (Å²) in [5.74, 6) is 1.35. The molecule has 0 aliphatic carbocycles. The number of pyridine rings is 4. The summed E-state index contributed by atoms with van der Waals surface area (Å²) < 4.78 is 6.19. The van der Waals surface area contributed by atoms with Gasteiger partial charge in [0.1, 0.15) is 17.4 Å². The normalized spacial score (nSPS) is 14.4. The lowest BCUT2D eigenvalue weighted by Crippen LogP contribution is -2.34. The summed E-state index contributed by atoms with van der Waals surface area (Å²) in [6.07, 6.45) is 11.1. The predicted molar refractivity (Wildman–Crippen MR) is 140 cm³/mol. The molecule has 6 aromatic heterocycles. The predicted octanol–water partition coefficient (Wildman–Crippen LogP) is 4.15. The first-order valence-electron chi connectivity index (χ1n) is 12.3. The van der Waals surface area contributed by atoms with Crippen LogP contribution in [0.15, 0.2) is 67.4 Å².